The van der Waals surface area contributed by atoms with Gasteiger partial charge < -0.3 is 5.32 Å². The molecule has 3 nitrogen and oxygen atoms in total. The van der Waals surface area contributed by atoms with Crippen molar-refractivity contribution in [1.29, 1.82) is 0 Å². The van der Waals surface area contributed by atoms with Crippen molar-refractivity contribution in [3.05, 3.63) is 16.4 Å². The highest BCUT2D eigenvalue weighted by Crippen LogP contribution is 2.27. The lowest BCUT2D eigenvalue weighted by Gasteiger charge is -2.18. The summed E-state index contributed by atoms with van der Waals surface area (Å²) in [5, 5.41) is 7.95. The first-order chi connectivity index (χ1) is 10.2. The Kier molecular flexibility index (Phi) is 10.0. The molecule has 0 aliphatic heterocycles. The van der Waals surface area contributed by atoms with E-state index in [2.05, 4.69) is 51.9 Å². The summed E-state index contributed by atoms with van der Waals surface area (Å²) in [6.07, 6.45) is 13.8. The first-order valence-electron chi connectivity index (χ1n) is 8.63. The molecule has 4 heteroatoms. The van der Waals surface area contributed by atoms with Crippen LogP contribution in [0.1, 0.15) is 83.4 Å². The zero-order valence-electron chi connectivity index (χ0n) is 14.0. The van der Waals surface area contributed by atoms with Crippen molar-refractivity contribution in [3.63, 3.8) is 0 Å². The van der Waals surface area contributed by atoms with Gasteiger partial charge in [-0.1, -0.05) is 58.8 Å². The van der Waals surface area contributed by atoms with Gasteiger partial charge in [-0.25, -0.2) is 0 Å². The zero-order chi connectivity index (χ0) is 15.5. The lowest BCUT2D eigenvalue weighted by molar-refractivity contribution is 0.451. The third-order valence-corrected chi connectivity index (χ3v) is 4.65. The number of rotatable bonds is 12. The highest BCUT2D eigenvalue weighted by Gasteiger charge is 2.17. The van der Waals surface area contributed by atoms with Crippen LogP contribution < -0.4 is 5.32 Å². The Bertz CT molecular complexity index is 376. The lowest BCUT2D eigenvalue weighted by atomic mass is 10.0. The molecule has 1 N–H and O–H groups in total. The second-order valence-electron chi connectivity index (χ2n) is 5.85. The van der Waals surface area contributed by atoms with E-state index in [9.17, 15) is 0 Å². The maximum Gasteiger partial charge on any atom is 0.0695 e. The number of hydrogen-bond acceptors (Lipinski definition) is 2. The van der Waals surface area contributed by atoms with Crippen LogP contribution in [0.15, 0.2) is 10.7 Å². The van der Waals surface area contributed by atoms with Crippen LogP contribution in [-0.4, -0.2) is 16.8 Å². The number of hydrogen-bond donors (Lipinski definition) is 1. The molecule has 0 saturated carbocycles. The van der Waals surface area contributed by atoms with E-state index in [1.165, 1.54) is 57.1 Å². The van der Waals surface area contributed by atoms with E-state index in [1.807, 2.05) is 6.20 Å². The van der Waals surface area contributed by atoms with Crippen molar-refractivity contribution in [1.82, 2.24) is 15.1 Å². The van der Waals surface area contributed by atoms with Gasteiger partial charge in [0.2, 0.25) is 0 Å². The normalized spacial score (nSPS) is 12.8. The third-order valence-electron chi connectivity index (χ3n) is 4.04. The van der Waals surface area contributed by atoms with E-state index in [0.29, 0.717) is 6.04 Å². The highest BCUT2D eigenvalue weighted by atomic mass is 79.9. The van der Waals surface area contributed by atoms with Crippen molar-refractivity contribution in [2.24, 2.45) is 0 Å². The van der Waals surface area contributed by atoms with Crippen LogP contribution in [0.4, 0.5) is 0 Å². The largest absolute Gasteiger partial charge is 0.312 e. The summed E-state index contributed by atoms with van der Waals surface area (Å²) in [5.41, 5.74) is 1.31. The summed E-state index contributed by atoms with van der Waals surface area (Å²) in [6, 6.07) is 0.407. The highest BCUT2D eigenvalue weighted by molar-refractivity contribution is 9.10. The molecule has 21 heavy (non-hydrogen) atoms. The number of unbranched alkanes of at least 4 members (excludes halogenated alkanes) is 6. The molecular weight excluding hydrogens is 326 g/mol. The maximum absolute atomic E-state index is 4.48. The Balaban J connectivity index is 2.39. The van der Waals surface area contributed by atoms with Gasteiger partial charge in [-0.2, -0.15) is 5.10 Å². The fraction of sp³-hybridized carbons (Fsp3) is 0.824. The first-order valence-corrected chi connectivity index (χ1v) is 9.42. The number of aryl methyl sites for hydroxylation is 1. The zero-order valence-corrected chi connectivity index (χ0v) is 15.6. The van der Waals surface area contributed by atoms with Crippen molar-refractivity contribution < 1.29 is 0 Å². The molecule has 0 bridgehead atoms. The fourth-order valence-electron chi connectivity index (χ4n) is 2.83. The molecule has 0 aliphatic carbocycles. The van der Waals surface area contributed by atoms with Gasteiger partial charge in [0.25, 0.3) is 0 Å². The molecule has 0 fully saturated rings. The van der Waals surface area contributed by atoms with Gasteiger partial charge in [-0.15, -0.1) is 0 Å². The van der Waals surface area contributed by atoms with Crippen LogP contribution in [0, 0.1) is 0 Å². The van der Waals surface area contributed by atoms with Gasteiger partial charge in [0.15, 0.2) is 0 Å². The fourth-order valence-corrected chi connectivity index (χ4v) is 3.40. The molecule has 0 saturated heterocycles. The Morgan fingerprint density at radius 1 is 1.10 bits per heavy atom. The molecule has 0 amide bonds. The van der Waals surface area contributed by atoms with Crippen LogP contribution in [0.2, 0.25) is 0 Å². The minimum absolute atomic E-state index is 0.407. The van der Waals surface area contributed by atoms with Crippen molar-refractivity contribution in [3.8, 4) is 0 Å². The number of aromatic nitrogens is 2. The van der Waals surface area contributed by atoms with Crippen molar-refractivity contribution >= 4 is 15.9 Å². The second kappa shape index (κ2) is 11.2. The number of nitrogens with one attached hydrogen (secondary N) is 1. The Labute approximate surface area is 139 Å². The van der Waals surface area contributed by atoms with Crippen molar-refractivity contribution in [2.75, 3.05) is 7.05 Å². The predicted molar refractivity (Wildman–Crippen MR) is 94.6 cm³/mol. The molecule has 0 radical (unpaired) electrons. The predicted octanol–water partition coefficient (Wildman–Crippen LogP) is 5.46. The molecule has 0 aromatic carbocycles. The first kappa shape index (κ1) is 18.7. The summed E-state index contributed by atoms with van der Waals surface area (Å²) in [4.78, 5) is 0. The number of halogens is 1. The summed E-state index contributed by atoms with van der Waals surface area (Å²) in [6.45, 7) is 5.47. The van der Waals surface area contributed by atoms with E-state index in [4.69, 9.17) is 0 Å². The Morgan fingerprint density at radius 2 is 1.76 bits per heavy atom. The molecule has 1 heterocycles. The third kappa shape index (κ3) is 6.52. The van der Waals surface area contributed by atoms with Gasteiger partial charge in [0, 0.05) is 6.54 Å². The van der Waals surface area contributed by atoms with E-state index in [-0.39, 0.29) is 0 Å². The van der Waals surface area contributed by atoms with Crippen LogP contribution in [0.3, 0.4) is 0 Å². The average molecular weight is 358 g/mol. The van der Waals surface area contributed by atoms with Gasteiger partial charge in [-0.3, -0.25) is 4.68 Å². The molecule has 1 atom stereocenters. The SMILES string of the molecule is CCCCCCCCCC(NC)c1c(Br)cnn1CCC. The monoisotopic (exact) mass is 357 g/mol. The molecule has 0 spiro atoms. The smallest absolute Gasteiger partial charge is 0.0695 e. The van der Waals surface area contributed by atoms with Crippen LogP contribution in [-0.2, 0) is 6.54 Å². The standard InChI is InChI=1S/C17H32BrN3/c1-4-6-7-8-9-10-11-12-16(19-3)17-15(18)14-20-21(17)13-5-2/h14,16,19H,4-13H2,1-3H3. The van der Waals surface area contributed by atoms with Gasteiger partial charge in [0.1, 0.15) is 0 Å². The molecule has 1 unspecified atom stereocenters. The molecule has 1 aromatic heterocycles. The second-order valence-corrected chi connectivity index (χ2v) is 6.71. The summed E-state index contributed by atoms with van der Waals surface area (Å²) in [5.74, 6) is 0. The Hall–Kier alpha value is -0.350. The van der Waals surface area contributed by atoms with Gasteiger partial charge in [-0.05, 0) is 35.8 Å². The van der Waals surface area contributed by atoms with Crippen LogP contribution >= 0.6 is 15.9 Å². The average Bonchev–Trinajstić information content (AvgIpc) is 2.84. The minimum Gasteiger partial charge on any atom is -0.312 e. The minimum atomic E-state index is 0.407. The quantitative estimate of drug-likeness (QED) is 0.503. The number of nitrogens with zero attached hydrogens (tertiary/aromatic N) is 2. The maximum atomic E-state index is 4.48. The van der Waals surface area contributed by atoms with Crippen LogP contribution in [0.5, 0.6) is 0 Å². The topological polar surface area (TPSA) is 29.9 Å². The molecule has 1 aromatic rings. The van der Waals surface area contributed by atoms with Crippen molar-refractivity contribution in [2.45, 2.75) is 84.2 Å². The van der Waals surface area contributed by atoms with Gasteiger partial charge >= 0.3 is 0 Å². The van der Waals surface area contributed by atoms with Gasteiger partial charge in [0.05, 0.1) is 22.4 Å². The molecule has 0 aliphatic rings. The summed E-state index contributed by atoms with van der Waals surface area (Å²) in [7, 11) is 2.06. The van der Waals surface area contributed by atoms with E-state index < -0.39 is 0 Å². The lowest BCUT2D eigenvalue weighted by Crippen LogP contribution is -2.21. The summed E-state index contributed by atoms with van der Waals surface area (Å²) >= 11 is 3.66. The summed E-state index contributed by atoms with van der Waals surface area (Å²) < 4.78 is 3.28. The molecular formula is C17H32BrN3. The Morgan fingerprint density at radius 3 is 2.38 bits per heavy atom. The van der Waals surface area contributed by atoms with E-state index in [1.54, 1.807) is 0 Å². The van der Waals surface area contributed by atoms with E-state index >= 15 is 0 Å². The molecule has 122 valence electrons. The van der Waals surface area contributed by atoms with E-state index in [0.717, 1.165) is 17.4 Å². The molecule has 1 rings (SSSR count). The van der Waals surface area contributed by atoms with Crippen LogP contribution in [0.25, 0.3) is 0 Å².